The molecule has 0 bridgehead atoms. The van der Waals surface area contributed by atoms with Gasteiger partial charge in [-0.15, -0.1) is 0 Å². The van der Waals surface area contributed by atoms with Gasteiger partial charge < -0.3 is 15.0 Å². The van der Waals surface area contributed by atoms with Crippen LogP contribution in [0.25, 0.3) is 6.08 Å². The van der Waals surface area contributed by atoms with Crippen molar-refractivity contribution in [2.24, 2.45) is 5.92 Å². The molecule has 1 N–H and O–H groups in total. The average Bonchev–Trinajstić information content (AvgIpc) is 3.52. The molecule has 1 saturated heterocycles. The minimum Gasteiger partial charge on any atom is -0.497 e. The maximum absolute atomic E-state index is 14.8. The zero-order chi connectivity index (χ0) is 29.9. The number of benzene rings is 4. The predicted octanol–water partition coefficient (Wildman–Crippen LogP) is 5.46. The number of fused-ring (bicyclic) bond motifs is 6. The molecule has 7 rings (SSSR count). The highest BCUT2D eigenvalue weighted by Gasteiger charge is 2.70. The Labute approximate surface area is 246 Å². The van der Waals surface area contributed by atoms with Gasteiger partial charge in [0.15, 0.2) is 11.6 Å². The summed E-state index contributed by atoms with van der Waals surface area (Å²) in [4.78, 5) is 57.0. The minimum absolute atomic E-state index is 0.0521. The van der Waals surface area contributed by atoms with E-state index in [0.717, 1.165) is 5.56 Å². The molecule has 9 heteroatoms. The zero-order valence-electron chi connectivity index (χ0n) is 23.0. The van der Waals surface area contributed by atoms with Crippen molar-refractivity contribution in [3.63, 3.8) is 0 Å². The van der Waals surface area contributed by atoms with Crippen LogP contribution in [0.15, 0.2) is 103 Å². The van der Waals surface area contributed by atoms with Crippen molar-refractivity contribution >= 4 is 40.6 Å². The van der Waals surface area contributed by atoms with Crippen LogP contribution < -0.4 is 15.0 Å². The molecule has 9 nitrogen and oxygen atoms in total. The second-order valence-electron chi connectivity index (χ2n) is 10.8. The first-order valence-electron chi connectivity index (χ1n) is 13.8. The number of nitro benzene ring substituents is 1. The number of hydrogen-bond acceptors (Lipinski definition) is 7. The molecule has 1 fully saturated rings. The summed E-state index contributed by atoms with van der Waals surface area (Å²) >= 11 is 0. The van der Waals surface area contributed by atoms with E-state index in [2.05, 4.69) is 5.32 Å². The molecule has 0 radical (unpaired) electrons. The summed E-state index contributed by atoms with van der Waals surface area (Å²) in [6.45, 7) is 0. The first-order chi connectivity index (χ1) is 20.9. The molecule has 1 spiro atoms. The fourth-order valence-corrected chi connectivity index (χ4v) is 7.02. The van der Waals surface area contributed by atoms with E-state index in [4.69, 9.17) is 4.74 Å². The molecule has 0 aromatic heterocycles. The second kappa shape index (κ2) is 9.77. The average molecular weight is 572 g/mol. The first-order valence-corrected chi connectivity index (χ1v) is 13.8. The van der Waals surface area contributed by atoms with Crippen molar-refractivity contribution in [1.29, 1.82) is 0 Å². The quantitative estimate of drug-likeness (QED) is 0.185. The van der Waals surface area contributed by atoms with Gasteiger partial charge in [0.05, 0.1) is 24.0 Å². The predicted molar refractivity (Wildman–Crippen MR) is 161 cm³/mol. The van der Waals surface area contributed by atoms with Gasteiger partial charge in [-0.05, 0) is 35.4 Å². The number of anilines is 2. The van der Waals surface area contributed by atoms with E-state index >= 15 is 0 Å². The lowest BCUT2D eigenvalue weighted by Gasteiger charge is -2.37. The molecule has 212 valence electrons. The number of nitrogens with zero attached hydrogens (tertiary/aromatic N) is 2. The number of non-ortho nitro benzene ring substituents is 1. The summed E-state index contributed by atoms with van der Waals surface area (Å²) < 4.78 is 5.39. The number of carbonyl (C=O) groups excluding carboxylic acids is 3. The van der Waals surface area contributed by atoms with Crippen LogP contribution in [0.5, 0.6) is 5.75 Å². The van der Waals surface area contributed by atoms with E-state index in [-0.39, 0.29) is 17.0 Å². The maximum Gasteiger partial charge on any atom is 0.270 e. The summed E-state index contributed by atoms with van der Waals surface area (Å²) in [6.07, 6.45) is 3.80. The number of methoxy groups -OCH3 is 1. The molecular formula is C34H25N3O6. The summed E-state index contributed by atoms with van der Waals surface area (Å²) in [7, 11) is 1.50. The van der Waals surface area contributed by atoms with Crippen LogP contribution in [-0.4, -0.2) is 41.6 Å². The van der Waals surface area contributed by atoms with Crippen LogP contribution >= 0.6 is 0 Å². The van der Waals surface area contributed by atoms with E-state index in [1.165, 1.54) is 31.4 Å². The number of carbonyl (C=O) groups is 3. The molecule has 4 atom stereocenters. The van der Waals surface area contributed by atoms with E-state index in [1.807, 2.05) is 47.4 Å². The van der Waals surface area contributed by atoms with Crippen LogP contribution in [0.3, 0.4) is 0 Å². The molecule has 0 unspecified atom stereocenters. The van der Waals surface area contributed by atoms with Gasteiger partial charge in [0.2, 0.25) is 5.91 Å². The highest BCUT2D eigenvalue weighted by molar-refractivity contribution is 6.18. The fraction of sp³-hybridized carbons (Fsp3) is 0.147. The molecule has 3 aliphatic heterocycles. The van der Waals surface area contributed by atoms with E-state index in [0.29, 0.717) is 28.3 Å². The summed E-state index contributed by atoms with van der Waals surface area (Å²) in [5, 5.41) is 14.6. The molecule has 43 heavy (non-hydrogen) atoms. The Hall–Kier alpha value is -5.57. The third-order valence-corrected chi connectivity index (χ3v) is 8.79. The monoisotopic (exact) mass is 571 g/mol. The SMILES string of the molecule is COc1cccc(C(=O)[C@H]2[C@@H](C(=O)c3cccc([N+](=O)[O-])c3)[C@]3(C(=O)Nc4ccccc43)[C@H]3C=Cc4ccccc4N23)c1. The summed E-state index contributed by atoms with van der Waals surface area (Å²) in [6, 6.07) is 25.0. The molecule has 4 aromatic carbocycles. The highest BCUT2D eigenvalue weighted by atomic mass is 16.6. The van der Waals surface area contributed by atoms with Crippen molar-refractivity contribution < 1.29 is 24.0 Å². The minimum atomic E-state index is -1.51. The zero-order valence-corrected chi connectivity index (χ0v) is 23.0. The standard InChI is InChI=1S/C34H25N3O6/c1-43-24-12-7-10-22(19-24)32(39)30-29(31(38)21-9-6-11-23(18-21)37(41)42)34(25-13-3-4-14-26(25)35-33(34)40)28-17-16-20-8-2-5-15-27(20)36(28)30/h2-19,28-30H,1H3,(H,35,40)/t28-,29+,30-,34-/m1/s1. The summed E-state index contributed by atoms with van der Waals surface area (Å²) in [5.74, 6) is -2.07. The van der Waals surface area contributed by atoms with Crippen molar-refractivity contribution in [2.45, 2.75) is 17.5 Å². The number of nitrogens with one attached hydrogen (secondary N) is 1. The Balaban J connectivity index is 1.53. The Morgan fingerprint density at radius 3 is 2.42 bits per heavy atom. The lowest BCUT2D eigenvalue weighted by Crippen LogP contribution is -2.51. The molecule has 3 heterocycles. The Kier molecular flexibility index (Phi) is 5.98. The van der Waals surface area contributed by atoms with Crippen LogP contribution in [0.4, 0.5) is 17.1 Å². The Morgan fingerprint density at radius 2 is 1.63 bits per heavy atom. The molecule has 3 aliphatic rings. The molecule has 1 amide bonds. The van der Waals surface area contributed by atoms with Crippen LogP contribution in [-0.2, 0) is 10.2 Å². The van der Waals surface area contributed by atoms with Gasteiger partial charge >= 0.3 is 0 Å². The number of para-hydroxylation sites is 2. The fourth-order valence-electron chi connectivity index (χ4n) is 7.02. The Bertz CT molecular complexity index is 1880. The van der Waals surface area contributed by atoms with E-state index < -0.39 is 40.0 Å². The number of ketones is 2. The number of ether oxygens (including phenoxy) is 1. The second-order valence-corrected chi connectivity index (χ2v) is 10.8. The van der Waals surface area contributed by atoms with E-state index in [9.17, 15) is 24.5 Å². The highest BCUT2D eigenvalue weighted by Crippen LogP contribution is 2.58. The largest absolute Gasteiger partial charge is 0.497 e. The van der Waals surface area contributed by atoms with Crippen LogP contribution in [0.2, 0.25) is 0 Å². The lowest BCUT2D eigenvalue weighted by atomic mass is 9.64. The smallest absolute Gasteiger partial charge is 0.270 e. The number of Topliss-reactive ketones (excluding diaryl/α,β-unsaturated/α-hetero) is 2. The van der Waals surface area contributed by atoms with Crippen LogP contribution in [0, 0.1) is 16.0 Å². The van der Waals surface area contributed by atoms with Crippen molar-refractivity contribution in [1.82, 2.24) is 0 Å². The maximum atomic E-state index is 14.8. The third-order valence-electron chi connectivity index (χ3n) is 8.79. The topological polar surface area (TPSA) is 119 Å². The van der Waals surface area contributed by atoms with Gasteiger partial charge in [-0.1, -0.05) is 72.8 Å². The van der Waals surface area contributed by atoms with Gasteiger partial charge in [0, 0.05) is 34.6 Å². The van der Waals surface area contributed by atoms with Gasteiger partial charge in [-0.2, -0.15) is 0 Å². The molecule has 0 aliphatic carbocycles. The molecule has 0 saturated carbocycles. The van der Waals surface area contributed by atoms with Crippen molar-refractivity contribution in [3.05, 3.63) is 136 Å². The number of amides is 1. The van der Waals surface area contributed by atoms with Crippen LogP contribution in [0.1, 0.15) is 31.8 Å². The van der Waals surface area contributed by atoms with Crippen molar-refractivity contribution in [2.75, 3.05) is 17.3 Å². The number of nitro groups is 1. The van der Waals surface area contributed by atoms with Gasteiger partial charge in [-0.25, -0.2) is 0 Å². The van der Waals surface area contributed by atoms with Gasteiger partial charge in [0.1, 0.15) is 17.2 Å². The number of hydrogen-bond donors (Lipinski definition) is 1. The normalized spacial score (nSPS) is 22.9. The molecular weight excluding hydrogens is 546 g/mol. The Morgan fingerprint density at radius 1 is 0.907 bits per heavy atom. The number of rotatable bonds is 6. The third kappa shape index (κ3) is 3.74. The van der Waals surface area contributed by atoms with Crippen molar-refractivity contribution in [3.8, 4) is 5.75 Å². The summed E-state index contributed by atoms with van der Waals surface area (Å²) in [5.41, 5.74) is 1.31. The van der Waals surface area contributed by atoms with Gasteiger partial charge in [0.25, 0.3) is 5.69 Å². The van der Waals surface area contributed by atoms with Gasteiger partial charge in [-0.3, -0.25) is 24.5 Å². The van der Waals surface area contributed by atoms with E-state index in [1.54, 1.807) is 42.5 Å². The first kappa shape index (κ1) is 26.3. The lowest BCUT2D eigenvalue weighted by molar-refractivity contribution is -0.384. The molecule has 4 aromatic rings.